The van der Waals surface area contributed by atoms with Gasteiger partial charge in [0.25, 0.3) is 0 Å². The zero-order valence-electron chi connectivity index (χ0n) is 11.6. The number of nitrogens with two attached hydrogens (primary N) is 2. The second kappa shape index (κ2) is 6.19. The van der Waals surface area contributed by atoms with Crippen LogP contribution in [0.5, 0.6) is 0 Å². The topological polar surface area (TPSA) is 116 Å². The molecule has 3 aromatic rings. The summed E-state index contributed by atoms with van der Waals surface area (Å²) in [7, 11) is 0. The zero-order chi connectivity index (χ0) is 15.0. The Morgan fingerprint density at radius 2 is 1.59 bits per heavy atom. The summed E-state index contributed by atoms with van der Waals surface area (Å²) in [5, 5.41) is 16.1. The van der Waals surface area contributed by atoms with Crippen LogP contribution in [0.15, 0.2) is 48.5 Å². The molecule has 0 amide bonds. The fourth-order valence-electron chi connectivity index (χ4n) is 2.39. The van der Waals surface area contributed by atoms with Crippen LogP contribution in [0.2, 0.25) is 0 Å². The number of benzene rings is 2. The first-order chi connectivity index (χ1) is 10.1. The summed E-state index contributed by atoms with van der Waals surface area (Å²) in [6, 6.07) is 15.3. The molecular formula is C16H15AuN5. The molecule has 0 unspecified atom stereocenters. The molecule has 3 rings (SSSR count). The van der Waals surface area contributed by atoms with Crippen molar-refractivity contribution in [2.75, 3.05) is 0 Å². The van der Waals surface area contributed by atoms with Crippen LogP contribution in [0.1, 0.15) is 11.1 Å². The fourth-order valence-corrected chi connectivity index (χ4v) is 2.39. The summed E-state index contributed by atoms with van der Waals surface area (Å²) >= 11 is 0. The summed E-state index contributed by atoms with van der Waals surface area (Å²) in [6.07, 6.45) is 0. The van der Waals surface area contributed by atoms with Crippen LogP contribution < -0.4 is 11.5 Å². The van der Waals surface area contributed by atoms with Crippen molar-refractivity contribution in [3.63, 3.8) is 0 Å². The van der Waals surface area contributed by atoms with Gasteiger partial charge in [-0.05, 0) is 23.8 Å². The molecule has 1 radical (unpaired) electrons. The zero-order valence-corrected chi connectivity index (χ0v) is 13.7. The first kappa shape index (κ1) is 16.0. The largest absolute Gasteiger partial charge is 0.384 e. The number of fused-ring (bicyclic) bond motifs is 1. The van der Waals surface area contributed by atoms with E-state index in [0.717, 1.165) is 22.2 Å². The van der Waals surface area contributed by atoms with Gasteiger partial charge in [0, 0.05) is 50.1 Å². The molecule has 1 aromatic heterocycles. The van der Waals surface area contributed by atoms with Crippen LogP contribution in [0.25, 0.3) is 22.2 Å². The van der Waals surface area contributed by atoms with Crippen molar-refractivity contribution in [1.82, 2.24) is 4.98 Å². The van der Waals surface area contributed by atoms with Gasteiger partial charge in [-0.25, -0.2) is 0 Å². The Hall–Kier alpha value is -2.34. The number of hydrogen-bond donors (Lipinski definition) is 5. The third kappa shape index (κ3) is 2.82. The maximum atomic E-state index is 7.72. The van der Waals surface area contributed by atoms with E-state index in [-0.39, 0.29) is 34.1 Å². The average Bonchev–Trinajstić information content (AvgIpc) is 2.90. The van der Waals surface area contributed by atoms with E-state index in [0.29, 0.717) is 11.1 Å². The van der Waals surface area contributed by atoms with Crippen LogP contribution >= 0.6 is 0 Å². The van der Waals surface area contributed by atoms with E-state index >= 15 is 0 Å². The van der Waals surface area contributed by atoms with Crippen LogP contribution in [-0.4, -0.2) is 16.7 Å². The Morgan fingerprint density at radius 1 is 0.909 bits per heavy atom. The molecule has 0 aliphatic rings. The Labute approximate surface area is 143 Å². The Morgan fingerprint density at radius 3 is 2.18 bits per heavy atom. The molecule has 0 atom stereocenters. The maximum absolute atomic E-state index is 7.72. The first-order valence-corrected chi connectivity index (χ1v) is 6.47. The van der Waals surface area contributed by atoms with Crippen LogP contribution in [0.4, 0.5) is 0 Å². The molecular weight excluding hydrogens is 459 g/mol. The molecule has 5 nitrogen and oxygen atoms in total. The number of amidine groups is 2. The Balaban J connectivity index is 0.00000176. The van der Waals surface area contributed by atoms with E-state index in [1.54, 1.807) is 12.1 Å². The molecule has 0 saturated carbocycles. The quantitative estimate of drug-likeness (QED) is 0.228. The molecule has 0 aliphatic carbocycles. The first-order valence-electron chi connectivity index (χ1n) is 6.47. The van der Waals surface area contributed by atoms with Crippen molar-refractivity contribution in [2.24, 2.45) is 11.5 Å². The minimum Gasteiger partial charge on any atom is -0.384 e. The standard InChI is InChI=1S/C16H15N5.Au/c17-15(18)10-6-12(16(19)20)11-8-13(21-14(11)7-10)9-4-2-1-3-5-9;/h1-8,21H,(H3,17,18)(H3,19,20);. The van der Waals surface area contributed by atoms with Crippen molar-refractivity contribution in [3.8, 4) is 11.3 Å². The second-order valence-electron chi connectivity index (χ2n) is 4.86. The van der Waals surface area contributed by atoms with Crippen LogP contribution in [0, 0.1) is 10.8 Å². The van der Waals surface area contributed by atoms with E-state index in [1.807, 2.05) is 36.4 Å². The van der Waals surface area contributed by atoms with E-state index in [1.165, 1.54) is 0 Å². The number of H-pyrrole nitrogens is 1. The van der Waals surface area contributed by atoms with Gasteiger partial charge < -0.3 is 16.5 Å². The Kier molecular flexibility index (Phi) is 4.51. The molecule has 6 heteroatoms. The number of rotatable bonds is 3. The van der Waals surface area contributed by atoms with Crippen molar-refractivity contribution >= 4 is 22.6 Å². The van der Waals surface area contributed by atoms with Gasteiger partial charge in [0.15, 0.2) is 0 Å². The maximum Gasteiger partial charge on any atom is 0.123 e. The summed E-state index contributed by atoms with van der Waals surface area (Å²) in [5.74, 6) is -0.0861. The minimum absolute atomic E-state index is 0. The molecule has 0 bridgehead atoms. The summed E-state index contributed by atoms with van der Waals surface area (Å²) in [6.45, 7) is 0. The minimum atomic E-state index is -0.0461. The van der Waals surface area contributed by atoms with Crippen molar-refractivity contribution in [2.45, 2.75) is 0 Å². The molecule has 115 valence electrons. The van der Waals surface area contributed by atoms with Gasteiger partial charge in [-0.2, -0.15) is 0 Å². The third-order valence-corrected chi connectivity index (χ3v) is 3.42. The molecule has 22 heavy (non-hydrogen) atoms. The summed E-state index contributed by atoms with van der Waals surface area (Å²) in [4.78, 5) is 3.30. The summed E-state index contributed by atoms with van der Waals surface area (Å²) < 4.78 is 0. The normalized spacial score (nSPS) is 10.2. The van der Waals surface area contributed by atoms with Gasteiger partial charge in [-0.3, -0.25) is 10.8 Å². The third-order valence-electron chi connectivity index (χ3n) is 3.42. The predicted octanol–water partition coefficient (Wildman–Crippen LogP) is 2.40. The number of hydrogen-bond acceptors (Lipinski definition) is 2. The number of nitrogens with one attached hydrogen (secondary N) is 3. The Bertz CT molecular complexity index is 852. The molecule has 0 spiro atoms. The van der Waals surface area contributed by atoms with Crippen molar-refractivity contribution in [1.29, 1.82) is 10.8 Å². The van der Waals surface area contributed by atoms with Gasteiger partial charge in [0.1, 0.15) is 11.7 Å². The molecule has 0 saturated heterocycles. The van der Waals surface area contributed by atoms with Gasteiger partial charge >= 0.3 is 0 Å². The van der Waals surface area contributed by atoms with Crippen LogP contribution in [-0.2, 0) is 22.4 Å². The number of nitrogen functional groups attached to an aromatic ring is 2. The van der Waals surface area contributed by atoms with Crippen LogP contribution in [0.3, 0.4) is 0 Å². The molecule has 0 aliphatic heterocycles. The van der Waals surface area contributed by atoms with Crippen molar-refractivity contribution in [3.05, 3.63) is 59.7 Å². The van der Waals surface area contributed by atoms with E-state index in [4.69, 9.17) is 22.3 Å². The van der Waals surface area contributed by atoms with Gasteiger partial charge in [-0.15, -0.1) is 0 Å². The average molecular weight is 474 g/mol. The van der Waals surface area contributed by atoms with Gasteiger partial charge in [0.2, 0.25) is 0 Å². The monoisotopic (exact) mass is 474 g/mol. The number of aromatic nitrogens is 1. The smallest absolute Gasteiger partial charge is 0.123 e. The van der Waals surface area contributed by atoms with E-state index in [2.05, 4.69) is 4.98 Å². The van der Waals surface area contributed by atoms with E-state index in [9.17, 15) is 0 Å². The second-order valence-corrected chi connectivity index (χ2v) is 4.86. The molecule has 7 N–H and O–H groups in total. The molecule has 1 heterocycles. The molecule has 0 fully saturated rings. The van der Waals surface area contributed by atoms with Gasteiger partial charge in [-0.1, -0.05) is 30.3 Å². The van der Waals surface area contributed by atoms with E-state index < -0.39 is 0 Å². The SMILES string of the molecule is N=C(N)c1cc(C(=N)N)c2cc(-c3ccccc3)[nH]c2c1.[Au]. The fraction of sp³-hybridized carbons (Fsp3) is 0. The number of aromatic amines is 1. The van der Waals surface area contributed by atoms with Gasteiger partial charge in [0.05, 0.1) is 0 Å². The summed E-state index contributed by atoms with van der Waals surface area (Å²) in [5.41, 5.74) is 15.1. The predicted molar refractivity (Wildman–Crippen MR) is 85.8 cm³/mol. The van der Waals surface area contributed by atoms with Crippen molar-refractivity contribution < 1.29 is 22.4 Å². The molecule has 2 aromatic carbocycles.